The molecule has 0 aromatic heterocycles. The molecule has 0 saturated carbocycles. The van der Waals surface area contributed by atoms with Crippen molar-refractivity contribution in [1.82, 2.24) is 10.2 Å². The summed E-state index contributed by atoms with van der Waals surface area (Å²) in [4.78, 5) is 33.7. The van der Waals surface area contributed by atoms with Crippen LogP contribution >= 0.6 is 11.8 Å². The van der Waals surface area contributed by atoms with Gasteiger partial charge in [0.1, 0.15) is 0 Å². The third-order valence-electron chi connectivity index (χ3n) is 1.97. The molecule has 1 unspecified atom stereocenters. The lowest BCUT2D eigenvalue weighted by molar-refractivity contribution is -0.136. The van der Waals surface area contributed by atoms with Gasteiger partial charge in [-0.3, -0.25) is 14.5 Å². The first-order chi connectivity index (χ1) is 7.02. The summed E-state index contributed by atoms with van der Waals surface area (Å²) >= 11 is 1.20. The highest BCUT2D eigenvalue weighted by Gasteiger charge is 2.27. The van der Waals surface area contributed by atoms with Crippen LogP contribution in [0.2, 0.25) is 0 Å². The van der Waals surface area contributed by atoms with E-state index >= 15 is 0 Å². The van der Waals surface area contributed by atoms with Crippen molar-refractivity contribution in [2.75, 3.05) is 18.8 Å². The summed E-state index contributed by atoms with van der Waals surface area (Å²) < 4.78 is 0. The molecule has 1 atom stereocenters. The van der Waals surface area contributed by atoms with Gasteiger partial charge in [-0.15, -0.1) is 11.8 Å². The molecule has 1 aliphatic rings. The fraction of sp³-hybridized carbons (Fsp3) is 0.625. The molecule has 0 aliphatic carbocycles. The molecule has 7 heteroatoms. The second-order valence-corrected chi connectivity index (χ2v) is 4.50. The van der Waals surface area contributed by atoms with Gasteiger partial charge in [-0.25, -0.2) is 4.79 Å². The van der Waals surface area contributed by atoms with Crippen molar-refractivity contribution >= 4 is 29.7 Å². The van der Waals surface area contributed by atoms with E-state index in [2.05, 4.69) is 5.32 Å². The summed E-state index contributed by atoms with van der Waals surface area (Å²) in [6.45, 7) is 1.86. The molecule has 0 radical (unpaired) electrons. The molecule has 0 aromatic carbocycles. The minimum absolute atomic E-state index is 0.0397. The second-order valence-electron chi connectivity index (χ2n) is 3.06. The molecule has 1 saturated heterocycles. The zero-order valence-electron chi connectivity index (χ0n) is 8.23. The van der Waals surface area contributed by atoms with Crippen molar-refractivity contribution < 1.29 is 19.5 Å². The van der Waals surface area contributed by atoms with Crippen LogP contribution in [0.4, 0.5) is 4.79 Å². The van der Waals surface area contributed by atoms with Crippen molar-refractivity contribution in [3.8, 4) is 0 Å². The molecule has 3 amide bonds. The number of urea groups is 1. The minimum atomic E-state index is -0.891. The van der Waals surface area contributed by atoms with E-state index in [9.17, 15) is 14.4 Å². The Morgan fingerprint density at radius 1 is 1.67 bits per heavy atom. The number of imide groups is 1. The Morgan fingerprint density at radius 3 is 2.80 bits per heavy atom. The molecule has 84 valence electrons. The number of amides is 3. The Bertz CT molecular complexity index is 278. The fourth-order valence-electron chi connectivity index (χ4n) is 1.07. The van der Waals surface area contributed by atoms with Crippen molar-refractivity contribution in [3.63, 3.8) is 0 Å². The van der Waals surface area contributed by atoms with Gasteiger partial charge < -0.3 is 10.4 Å². The van der Waals surface area contributed by atoms with Crippen LogP contribution in [0.5, 0.6) is 0 Å². The molecule has 1 heterocycles. The van der Waals surface area contributed by atoms with Gasteiger partial charge in [0.15, 0.2) is 0 Å². The van der Waals surface area contributed by atoms with E-state index < -0.39 is 17.3 Å². The number of hydrogen-bond acceptors (Lipinski definition) is 4. The SMILES string of the molecule is CC(SCCN1C(=O)CNC1=O)C(=O)O. The molecule has 2 N–H and O–H groups in total. The lowest BCUT2D eigenvalue weighted by atomic mass is 10.5. The van der Waals surface area contributed by atoms with E-state index in [1.54, 1.807) is 6.92 Å². The molecule has 1 rings (SSSR count). The predicted octanol–water partition coefficient (Wildman–Crippen LogP) is -0.256. The van der Waals surface area contributed by atoms with Crippen LogP contribution in [0.15, 0.2) is 0 Å². The van der Waals surface area contributed by atoms with Gasteiger partial charge in [0.25, 0.3) is 0 Å². The lowest BCUT2D eigenvalue weighted by Crippen LogP contribution is -2.33. The number of carbonyl (C=O) groups excluding carboxylic acids is 2. The summed E-state index contributed by atoms with van der Waals surface area (Å²) in [5, 5.41) is 10.5. The van der Waals surface area contributed by atoms with Gasteiger partial charge in [-0.1, -0.05) is 0 Å². The summed E-state index contributed by atoms with van der Waals surface area (Å²) in [6, 6.07) is -0.399. The number of rotatable bonds is 5. The van der Waals surface area contributed by atoms with Crippen LogP contribution < -0.4 is 5.32 Å². The second kappa shape index (κ2) is 5.01. The van der Waals surface area contributed by atoms with E-state index in [1.807, 2.05) is 0 Å². The van der Waals surface area contributed by atoms with Gasteiger partial charge in [-0.2, -0.15) is 0 Å². The van der Waals surface area contributed by atoms with Crippen LogP contribution in [0.1, 0.15) is 6.92 Å². The number of aliphatic carboxylic acids is 1. The molecule has 0 spiro atoms. The maximum atomic E-state index is 11.1. The normalized spacial score (nSPS) is 17.8. The average Bonchev–Trinajstić information content (AvgIpc) is 2.48. The van der Waals surface area contributed by atoms with Crippen LogP contribution in [0.3, 0.4) is 0 Å². The summed E-state index contributed by atoms with van der Waals surface area (Å²) in [6.07, 6.45) is 0. The molecule has 1 aliphatic heterocycles. The molecular weight excluding hydrogens is 220 g/mol. The van der Waals surface area contributed by atoms with E-state index in [1.165, 1.54) is 11.8 Å². The first kappa shape index (κ1) is 11.8. The summed E-state index contributed by atoms with van der Waals surface area (Å²) in [5.74, 6) is -0.715. The molecule has 15 heavy (non-hydrogen) atoms. The first-order valence-corrected chi connectivity index (χ1v) is 5.50. The Labute approximate surface area is 91.0 Å². The third kappa shape index (κ3) is 3.12. The van der Waals surface area contributed by atoms with Gasteiger partial charge in [0.2, 0.25) is 5.91 Å². The maximum Gasteiger partial charge on any atom is 0.324 e. The van der Waals surface area contributed by atoms with Gasteiger partial charge in [0, 0.05) is 12.3 Å². The van der Waals surface area contributed by atoms with Crippen LogP contribution in [-0.2, 0) is 9.59 Å². The number of carbonyl (C=O) groups is 3. The van der Waals surface area contributed by atoms with Gasteiger partial charge in [0.05, 0.1) is 11.8 Å². The number of nitrogens with one attached hydrogen (secondary N) is 1. The van der Waals surface area contributed by atoms with Crippen LogP contribution in [0, 0.1) is 0 Å². The smallest absolute Gasteiger partial charge is 0.324 e. The standard InChI is InChI=1S/C8H12N2O4S/c1-5(7(12)13)15-3-2-10-6(11)4-9-8(10)14/h5H,2-4H2,1H3,(H,9,14)(H,12,13). The summed E-state index contributed by atoms with van der Waals surface area (Å²) in [7, 11) is 0. The van der Waals surface area contributed by atoms with Crippen molar-refractivity contribution in [3.05, 3.63) is 0 Å². The number of nitrogens with zero attached hydrogens (tertiary/aromatic N) is 1. The zero-order valence-corrected chi connectivity index (χ0v) is 9.04. The van der Waals surface area contributed by atoms with Crippen LogP contribution in [0.25, 0.3) is 0 Å². The Kier molecular flexibility index (Phi) is 3.96. The van der Waals surface area contributed by atoms with E-state index in [0.717, 1.165) is 4.90 Å². The molecule has 0 bridgehead atoms. The number of carboxylic acids is 1. The minimum Gasteiger partial charge on any atom is -0.480 e. The van der Waals surface area contributed by atoms with Crippen molar-refractivity contribution in [2.45, 2.75) is 12.2 Å². The van der Waals surface area contributed by atoms with Crippen LogP contribution in [-0.4, -0.2) is 52.0 Å². The topological polar surface area (TPSA) is 86.7 Å². The zero-order chi connectivity index (χ0) is 11.4. The van der Waals surface area contributed by atoms with E-state index in [4.69, 9.17) is 5.11 Å². The Balaban J connectivity index is 2.28. The molecular formula is C8H12N2O4S. The van der Waals surface area contributed by atoms with Gasteiger partial charge >= 0.3 is 12.0 Å². The number of thioether (sulfide) groups is 1. The molecule has 0 aromatic rings. The van der Waals surface area contributed by atoms with E-state index in [0.29, 0.717) is 5.75 Å². The highest BCUT2D eigenvalue weighted by atomic mass is 32.2. The Morgan fingerprint density at radius 2 is 2.33 bits per heavy atom. The summed E-state index contributed by atoms with van der Waals surface area (Å²) in [5.41, 5.74) is 0. The monoisotopic (exact) mass is 232 g/mol. The highest BCUT2D eigenvalue weighted by Crippen LogP contribution is 2.11. The lowest BCUT2D eigenvalue weighted by Gasteiger charge is -2.12. The molecule has 1 fully saturated rings. The van der Waals surface area contributed by atoms with Crippen molar-refractivity contribution in [2.24, 2.45) is 0 Å². The average molecular weight is 232 g/mol. The van der Waals surface area contributed by atoms with Gasteiger partial charge in [-0.05, 0) is 6.92 Å². The van der Waals surface area contributed by atoms with E-state index in [-0.39, 0.29) is 19.0 Å². The number of carboxylic acid groups (broad SMARTS) is 1. The largest absolute Gasteiger partial charge is 0.480 e. The maximum absolute atomic E-state index is 11.1. The Hall–Kier alpha value is -1.24. The third-order valence-corrected chi connectivity index (χ3v) is 3.09. The van der Waals surface area contributed by atoms with Crippen molar-refractivity contribution in [1.29, 1.82) is 0 Å². The molecule has 6 nitrogen and oxygen atoms in total. The first-order valence-electron chi connectivity index (χ1n) is 4.45. The quantitative estimate of drug-likeness (QED) is 0.638. The predicted molar refractivity (Wildman–Crippen MR) is 54.7 cm³/mol. The fourth-order valence-corrected chi connectivity index (χ4v) is 1.86. The number of hydrogen-bond donors (Lipinski definition) is 2. The highest BCUT2D eigenvalue weighted by molar-refractivity contribution is 8.00.